The summed E-state index contributed by atoms with van der Waals surface area (Å²) in [5.74, 6) is 0. The first-order chi connectivity index (χ1) is 22.0. The van der Waals surface area contributed by atoms with E-state index in [1.807, 2.05) is 20.8 Å². The van der Waals surface area contributed by atoms with Crippen LogP contribution in [0.5, 0.6) is 0 Å². The van der Waals surface area contributed by atoms with E-state index in [0.29, 0.717) is 10.2 Å². The molecule has 0 atom stereocenters. The third-order valence-corrected chi connectivity index (χ3v) is 12.5. The molecule has 7 N–H and O–H groups in total. The van der Waals surface area contributed by atoms with Gasteiger partial charge in [-0.3, -0.25) is 0 Å². The van der Waals surface area contributed by atoms with Crippen molar-refractivity contribution in [3.8, 4) is 0 Å². The molecule has 0 unspecified atom stereocenters. The monoisotopic (exact) mass is 964 g/mol. The number of aliphatic hydroxyl groups excluding tert-OH is 5. The van der Waals surface area contributed by atoms with Crippen molar-refractivity contribution >= 4 is 85.0 Å². The molecule has 0 aliphatic heterocycles. The van der Waals surface area contributed by atoms with Crippen LogP contribution in [0.2, 0.25) is 0 Å². The molecule has 4 aliphatic rings. The Morgan fingerprint density at radius 3 is 0.961 bits per heavy atom. The molecule has 51 heavy (non-hydrogen) atoms. The van der Waals surface area contributed by atoms with Gasteiger partial charge in [-0.1, -0.05) is 73.4 Å². The molecule has 7 nitrogen and oxygen atoms in total. The predicted octanol–water partition coefficient (Wildman–Crippen LogP) is 7.31. The number of aliphatic hydroxyl groups is 6. The summed E-state index contributed by atoms with van der Waals surface area (Å²) in [7, 11) is 14.8. The van der Waals surface area contributed by atoms with Crippen LogP contribution in [0.15, 0.2) is 0 Å². The van der Waals surface area contributed by atoms with Crippen LogP contribution in [0.3, 0.4) is 0 Å². The van der Waals surface area contributed by atoms with E-state index < -0.39 is 17.0 Å². The van der Waals surface area contributed by atoms with Gasteiger partial charge in [0.25, 0.3) is 0 Å². The second-order valence-electron chi connectivity index (χ2n) is 17.1. The summed E-state index contributed by atoms with van der Waals surface area (Å²) in [4.78, 5) is 0.644. The Kier molecular flexibility index (Phi) is 35.4. The number of alkyl halides is 3. The Bertz CT molecular complexity index is 733. The van der Waals surface area contributed by atoms with Crippen LogP contribution >= 0.6 is 73.6 Å². The molecule has 304 valence electrons. The minimum Gasteiger partial charge on any atom is -0.870 e. The third-order valence-electron chi connectivity index (χ3n) is 9.56. The SMILES string of the molecule is CC(C)(C)C1(Br)CCC(O)CC1.CC(C)(C)C1(O)CCC(O)CC1.CC(C)(C)Cl.OC1CCC(Br)CC1.OC1CCC(O)CC1.[Cl][Al]([Cl])[Cl].[Na+].[OH-]. The predicted molar refractivity (Wildman–Crippen MR) is 223 cm³/mol. The van der Waals surface area contributed by atoms with Gasteiger partial charge >= 0.3 is 40.9 Å². The molecule has 4 aliphatic carbocycles. The molecule has 0 heterocycles. The maximum Gasteiger partial charge on any atom is 1.00 e. The van der Waals surface area contributed by atoms with Crippen LogP contribution in [0.4, 0.5) is 0 Å². The number of hydrogen-bond donors (Lipinski definition) is 6. The smallest absolute Gasteiger partial charge is 0.870 e. The van der Waals surface area contributed by atoms with Crippen LogP contribution in [-0.4, -0.2) is 97.6 Å². The molecule has 0 radical (unpaired) electrons. The molecule has 4 fully saturated rings. The van der Waals surface area contributed by atoms with Gasteiger partial charge in [-0.25, -0.2) is 30.1 Å². The Labute approximate surface area is 372 Å². The Balaban J connectivity index is -0.000000267. The van der Waals surface area contributed by atoms with Gasteiger partial charge < -0.3 is 36.1 Å². The fourth-order valence-electron chi connectivity index (χ4n) is 5.73. The Morgan fingerprint density at radius 1 is 0.529 bits per heavy atom. The molecule has 0 aromatic carbocycles. The van der Waals surface area contributed by atoms with Crippen LogP contribution in [0.1, 0.15) is 165 Å². The minimum atomic E-state index is -1.72. The van der Waals surface area contributed by atoms with Crippen molar-refractivity contribution in [2.75, 3.05) is 0 Å². The molecule has 0 spiro atoms. The van der Waals surface area contributed by atoms with Gasteiger partial charge in [-0.05, 0) is 134 Å². The quantitative estimate of drug-likeness (QED) is 0.110. The van der Waals surface area contributed by atoms with E-state index in [1.54, 1.807) is 0 Å². The van der Waals surface area contributed by atoms with Crippen molar-refractivity contribution in [3.63, 3.8) is 0 Å². The molecule has 4 rings (SSSR count). The van der Waals surface area contributed by atoms with Crippen molar-refractivity contribution in [2.24, 2.45) is 10.8 Å². The van der Waals surface area contributed by atoms with Gasteiger partial charge in [0, 0.05) is 14.0 Å². The largest absolute Gasteiger partial charge is 1.00 e. The van der Waals surface area contributed by atoms with Crippen molar-refractivity contribution in [1.82, 2.24) is 0 Å². The zero-order valence-electron chi connectivity index (χ0n) is 33.3. The normalized spacial score (nSPS) is 32.2. The third kappa shape index (κ3) is 33.0. The van der Waals surface area contributed by atoms with E-state index in [2.05, 4.69) is 73.4 Å². The Morgan fingerprint density at radius 2 is 0.745 bits per heavy atom. The van der Waals surface area contributed by atoms with Gasteiger partial charge in [0.2, 0.25) is 0 Å². The molecular formula is C36H72AlBr2Cl4NaO7. The van der Waals surface area contributed by atoms with Crippen LogP contribution in [0.25, 0.3) is 0 Å². The second kappa shape index (κ2) is 29.6. The molecule has 0 bridgehead atoms. The zero-order valence-corrected chi connectivity index (χ0v) is 42.6. The number of hydrogen-bond acceptors (Lipinski definition) is 7. The summed E-state index contributed by atoms with van der Waals surface area (Å²) in [6.07, 6.45) is 13.9. The summed E-state index contributed by atoms with van der Waals surface area (Å²) in [5, 5.41) is 55.7. The first kappa shape index (κ1) is 61.0. The van der Waals surface area contributed by atoms with E-state index in [4.69, 9.17) is 57.1 Å². The summed E-state index contributed by atoms with van der Waals surface area (Å²) < 4.78 is 0.249. The number of halogens is 6. The zero-order chi connectivity index (χ0) is 38.9. The Hall–Kier alpha value is 3.37. The van der Waals surface area contributed by atoms with E-state index in [1.165, 1.54) is 0 Å². The average Bonchev–Trinajstić information content (AvgIpc) is 2.94. The molecule has 0 aromatic rings. The summed E-state index contributed by atoms with van der Waals surface area (Å²) >= 11 is 11.1. The van der Waals surface area contributed by atoms with Crippen molar-refractivity contribution in [2.45, 2.75) is 215 Å². The van der Waals surface area contributed by atoms with Gasteiger partial charge in [0.1, 0.15) is 0 Å². The maximum absolute atomic E-state index is 10.2. The average molecular weight is 969 g/mol. The molecule has 15 heteroatoms. The van der Waals surface area contributed by atoms with Crippen molar-refractivity contribution in [1.29, 1.82) is 0 Å². The first-order valence-electron chi connectivity index (χ1n) is 18.1. The van der Waals surface area contributed by atoms with Gasteiger partial charge in [-0.2, -0.15) is 0 Å². The van der Waals surface area contributed by atoms with Gasteiger partial charge in [0.05, 0.1) is 36.1 Å². The van der Waals surface area contributed by atoms with Crippen molar-refractivity contribution in [3.05, 3.63) is 0 Å². The van der Waals surface area contributed by atoms with Gasteiger partial charge in [0.15, 0.2) is 0 Å². The standard InChI is InChI=1S/C10H19BrO.C10H20O2.C6H11BrO.C6H12O2.C4H9Cl.Al.3ClH.Na.H2O/c1-9(2,3)10(11)6-4-8(12)5-7-10;1-9(2,3)10(12)6-4-8(11)5-7-10;7-5-1-3-6(8)4-2-5;7-5-1-2-6(8)4-3-5;1-4(2,3)5;;;;;;/h8,12H,4-7H2,1-3H3;8,11-12H,4-7H2,1-3H3;5-6,8H,1-4H2;5-8H,1-4H2;1-3H3;;3*1H;;1H2/q;;;;;+3;;;;+1;/p-4. The molecular weight excluding hydrogens is 896 g/mol. The summed E-state index contributed by atoms with van der Waals surface area (Å²) in [5.41, 5.74) is -0.327. The molecule has 4 saturated carbocycles. The molecule has 0 aromatic heterocycles. The molecule has 0 amide bonds. The van der Waals surface area contributed by atoms with E-state index >= 15 is 0 Å². The van der Waals surface area contributed by atoms with Crippen LogP contribution < -0.4 is 29.6 Å². The van der Waals surface area contributed by atoms with Crippen molar-refractivity contribution < 1.29 is 65.7 Å². The topological polar surface area (TPSA) is 151 Å². The maximum atomic E-state index is 10.2. The second-order valence-corrected chi connectivity index (χ2v) is 27.5. The van der Waals surface area contributed by atoms with Crippen LogP contribution in [0, 0.1) is 10.8 Å². The fourth-order valence-corrected chi connectivity index (χ4v) is 6.72. The van der Waals surface area contributed by atoms with E-state index in [0.717, 1.165) is 103 Å². The molecule has 0 saturated heterocycles. The summed E-state index contributed by atoms with van der Waals surface area (Å²) in [6.45, 7) is 18.8. The minimum absolute atomic E-state index is 0. The fraction of sp³-hybridized carbons (Fsp3) is 1.00. The number of rotatable bonds is 0. The summed E-state index contributed by atoms with van der Waals surface area (Å²) in [6, 6.07) is 0. The van der Waals surface area contributed by atoms with E-state index in [9.17, 15) is 15.3 Å². The van der Waals surface area contributed by atoms with E-state index in [-0.39, 0.29) is 80.2 Å². The first-order valence-corrected chi connectivity index (χ1v) is 25.4. The van der Waals surface area contributed by atoms with Crippen LogP contribution in [-0.2, 0) is 0 Å². The van der Waals surface area contributed by atoms with Gasteiger partial charge in [-0.15, -0.1) is 11.6 Å².